The van der Waals surface area contributed by atoms with Crippen molar-refractivity contribution in [3.8, 4) is 0 Å². The van der Waals surface area contributed by atoms with E-state index < -0.39 is 0 Å². The molecule has 1 saturated heterocycles. The second kappa shape index (κ2) is 7.20. The van der Waals surface area contributed by atoms with Crippen LogP contribution in [-0.4, -0.2) is 59.1 Å². The lowest BCUT2D eigenvalue weighted by Crippen LogP contribution is -2.48. The molecule has 3 rings (SSSR count). The van der Waals surface area contributed by atoms with Gasteiger partial charge in [0.1, 0.15) is 6.61 Å². The molecule has 2 aromatic heterocycles. The van der Waals surface area contributed by atoms with Gasteiger partial charge in [-0.3, -0.25) is 9.69 Å². The third-order valence-corrected chi connectivity index (χ3v) is 4.75. The van der Waals surface area contributed by atoms with Crippen molar-refractivity contribution < 1.29 is 14.1 Å². The van der Waals surface area contributed by atoms with Crippen LogP contribution in [0.2, 0.25) is 0 Å². The highest BCUT2D eigenvalue weighted by atomic mass is 32.1. The van der Waals surface area contributed by atoms with Crippen molar-refractivity contribution in [3.63, 3.8) is 0 Å². The van der Waals surface area contributed by atoms with Gasteiger partial charge in [0.05, 0.1) is 12.1 Å². The number of thiophene rings is 1. The van der Waals surface area contributed by atoms with Gasteiger partial charge in [-0.15, -0.1) is 0 Å². The number of aryl methyl sites for hydroxylation is 1. The molecule has 0 unspecified atom stereocenters. The number of ether oxygens (including phenoxy) is 1. The molecule has 0 spiro atoms. The fraction of sp³-hybridized carbons (Fsp3) is 0.533. The summed E-state index contributed by atoms with van der Waals surface area (Å²) < 4.78 is 10.2. The summed E-state index contributed by atoms with van der Waals surface area (Å²) in [5.41, 5.74) is 1.88. The predicted octanol–water partition coefficient (Wildman–Crippen LogP) is 1.54. The highest BCUT2D eigenvalue weighted by Gasteiger charge is 2.24. The van der Waals surface area contributed by atoms with Crippen molar-refractivity contribution in [2.75, 3.05) is 33.3 Å². The maximum Gasteiger partial charge on any atom is 0.255 e. The van der Waals surface area contributed by atoms with Gasteiger partial charge in [0, 0.05) is 38.7 Å². The Balaban J connectivity index is 1.52. The Kier molecular flexibility index (Phi) is 5.04. The SMILES string of the molecule is COCc1noc(CN2CCN(C(=O)c3cscc3C)CC2)n1. The van der Waals surface area contributed by atoms with Gasteiger partial charge in [-0.25, -0.2) is 0 Å². The molecule has 1 aliphatic heterocycles. The van der Waals surface area contributed by atoms with Crippen molar-refractivity contribution >= 4 is 17.2 Å². The molecule has 0 bridgehead atoms. The smallest absolute Gasteiger partial charge is 0.255 e. The minimum absolute atomic E-state index is 0.128. The van der Waals surface area contributed by atoms with Crippen LogP contribution in [0.3, 0.4) is 0 Å². The third-order valence-electron chi connectivity index (χ3n) is 3.89. The molecule has 1 aliphatic rings. The van der Waals surface area contributed by atoms with E-state index in [1.165, 1.54) is 0 Å². The summed E-state index contributed by atoms with van der Waals surface area (Å²) in [5, 5.41) is 7.80. The molecule has 124 valence electrons. The van der Waals surface area contributed by atoms with E-state index >= 15 is 0 Å². The van der Waals surface area contributed by atoms with Gasteiger partial charge in [-0.1, -0.05) is 5.16 Å². The summed E-state index contributed by atoms with van der Waals surface area (Å²) in [6.07, 6.45) is 0. The topological polar surface area (TPSA) is 71.7 Å². The predicted molar refractivity (Wildman–Crippen MR) is 85.2 cm³/mol. The second-order valence-corrected chi connectivity index (χ2v) is 6.32. The summed E-state index contributed by atoms with van der Waals surface area (Å²) in [6.45, 7) is 5.98. The molecule has 0 saturated carbocycles. The number of carbonyl (C=O) groups excluding carboxylic acids is 1. The first-order valence-electron chi connectivity index (χ1n) is 7.52. The van der Waals surface area contributed by atoms with Crippen molar-refractivity contribution in [2.45, 2.75) is 20.1 Å². The van der Waals surface area contributed by atoms with Crippen LogP contribution in [0.5, 0.6) is 0 Å². The van der Waals surface area contributed by atoms with Crippen LogP contribution in [-0.2, 0) is 17.9 Å². The number of hydrogen-bond acceptors (Lipinski definition) is 7. The number of aromatic nitrogens is 2. The molecule has 0 N–H and O–H groups in total. The van der Waals surface area contributed by atoms with E-state index in [1.807, 2.05) is 22.6 Å². The van der Waals surface area contributed by atoms with Crippen LogP contribution in [0.15, 0.2) is 15.3 Å². The van der Waals surface area contributed by atoms with E-state index in [-0.39, 0.29) is 5.91 Å². The number of methoxy groups -OCH3 is 1. The molecule has 1 amide bonds. The second-order valence-electron chi connectivity index (χ2n) is 5.57. The van der Waals surface area contributed by atoms with E-state index in [0.29, 0.717) is 38.0 Å². The number of carbonyl (C=O) groups is 1. The number of amides is 1. The lowest BCUT2D eigenvalue weighted by atomic mass is 10.2. The highest BCUT2D eigenvalue weighted by molar-refractivity contribution is 7.08. The summed E-state index contributed by atoms with van der Waals surface area (Å²) in [4.78, 5) is 20.9. The van der Waals surface area contributed by atoms with E-state index in [9.17, 15) is 4.79 Å². The molecule has 1 fully saturated rings. The number of nitrogens with zero attached hydrogens (tertiary/aromatic N) is 4. The van der Waals surface area contributed by atoms with Crippen LogP contribution in [0, 0.1) is 6.92 Å². The molecule has 23 heavy (non-hydrogen) atoms. The Morgan fingerprint density at radius 2 is 2.13 bits per heavy atom. The van der Waals surface area contributed by atoms with Crippen molar-refractivity contribution in [1.82, 2.24) is 19.9 Å². The Bertz CT molecular complexity index is 661. The Morgan fingerprint density at radius 1 is 1.35 bits per heavy atom. The van der Waals surface area contributed by atoms with E-state index in [1.54, 1.807) is 18.4 Å². The quantitative estimate of drug-likeness (QED) is 0.825. The molecular formula is C15H20N4O3S. The first-order valence-corrected chi connectivity index (χ1v) is 8.46. The minimum Gasteiger partial charge on any atom is -0.377 e. The zero-order valence-electron chi connectivity index (χ0n) is 13.3. The van der Waals surface area contributed by atoms with Crippen molar-refractivity contribution in [2.24, 2.45) is 0 Å². The molecule has 0 radical (unpaired) electrons. The molecule has 0 aliphatic carbocycles. The number of piperazine rings is 1. The maximum atomic E-state index is 12.5. The van der Waals surface area contributed by atoms with E-state index in [2.05, 4.69) is 15.0 Å². The van der Waals surface area contributed by atoms with Gasteiger partial charge in [-0.2, -0.15) is 16.3 Å². The highest BCUT2D eigenvalue weighted by Crippen LogP contribution is 2.17. The Morgan fingerprint density at radius 3 is 2.78 bits per heavy atom. The first kappa shape index (κ1) is 16.1. The van der Waals surface area contributed by atoms with Crippen LogP contribution in [0.4, 0.5) is 0 Å². The molecule has 0 atom stereocenters. The molecule has 7 nitrogen and oxygen atoms in total. The van der Waals surface area contributed by atoms with E-state index in [0.717, 1.165) is 24.2 Å². The largest absolute Gasteiger partial charge is 0.377 e. The molecule has 3 heterocycles. The van der Waals surface area contributed by atoms with Gasteiger partial charge in [0.15, 0.2) is 5.82 Å². The van der Waals surface area contributed by atoms with Gasteiger partial charge in [0.25, 0.3) is 5.91 Å². The van der Waals surface area contributed by atoms with Gasteiger partial charge in [0.2, 0.25) is 5.89 Å². The summed E-state index contributed by atoms with van der Waals surface area (Å²) in [7, 11) is 1.60. The lowest BCUT2D eigenvalue weighted by Gasteiger charge is -2.34. The van der Waals surface area contributed by atoms with Crippen LogP contribution in [0.25, 0.3) is 0 Å². The summed E-state index contributed by atoms with van der Waals surface area (Å²) >= 11 is 1.57. The van der Waals surface area contributed by atoms with Gasteiger partial charge in [-0.05, 0) is 17.9 Å². The van der Waals surface area contributed by atoms with Crippen LogP contribution < -0.4 is 0 Å². The molecule has 2 aromatic rings. The Labute approximate surface area is 138 Å². The first-order chi connectivity index (χ1) is 11.2. The lowest BCUT2D eigenvalue weighted by molar-refractivity contribution is 0.0615. The number of hydrogen-bond donors (Lipinski definition) is 0. The average molecular weight is 336 g/mol. The minimum atomic E-state index is 0.128. The van der Waals surface area contributed by atoms with Gasteiger partial charge < -0.3 is 14.2 Å². The fourth-order valence-corrected chi connectivity index (χ4v) is 3.41. The average Bonchev–Trinajstić information content (AvgIpc) is 3.17. The molecule has 8 heteroatoms. The summed E-state index contributed by atoms with van der Waals surface area (Å²) in [6, 6.07) is 0. The van der Waals surface area contributed by atoms with Crippen molar-refractivity contribution in [3.05, 3.63) is 33.6 Å². The fourth-order valence-electron chi connectivity index (χ4n) is 2.59. The summed E-state index contributed by atoms with van der Waals surface area (Å²) in [5.74, 6) is 1.28. The Hall–Kier alpha value is -1.77. The maximum absolute atomic E-state index is 12.5. The van der Waals surface area contributed by atoms with Crippen molar-refractivity contribution in [1.29, 1.82) is 0 Å². The van der Waals surface area contributed by atoms with Gasteiger partial charge >= 0.3 is 0 Å². The van der Waals surface area contributed by atoms with Crippen LogP contribution in [0.1, 0.15) is 27.6 Å². The zero-order valence-corrected chi connectivity index (χ0v) is 14.1. The molecular weight excluding hydrogens is 316 g/mol. The normalized spacial score (nSPS) is 16.0. The standard InChI is InChI=1S/C15H20N4O3S/c1-11-9-23-10-12(11)15(20)19-5-3-18(4-6-19)7-14-16-13(8-21-2)17-22-14/h9-10H,3-8H2,1-2H3. The molecule has 0 aromatic carbocycles. The number of rotatable bonds is 5. The van der Waals surface area contributed by atoms with Crippen LogP contribution >= 0.6 is 11.3 Å². The monoisotopic (exact) mass is 336 g/mol. The third kappa shape index (κ3) is 3.77. The van der Waals surface area contributed by atoms with E-state index in [4.69, 9.17) is 9.26 Å². The zero-order chi connectivity index (χ0) is 16.2.